The standard InChI is InChI=1S/C19H30N6O2/c1-3-20-19(21-10-4-5-11-25-15-22-23-16-25)24-17-8-6-9-18(14-17)27-13-7-12-26-2/h6,8-9,14-16H,3-5,7,10-13H2,1-2H3,(H2,20,21,24). The molecule has 0 aliphatic carbocycles. The summed E-state index contributed by atoms with van der Waals surface area (Å²) >= 11 is 0. The van der Waals surface area contributed by atoms with Crippen LogP contribution in [-0.2, 0) is 11.3 Å². The Kier molecular flexibility index (Phi) is 9.73. The summed E-state index contributed by atoms with van der Waals surface area (Å²) in [4.78, 5) is 4.64. The van der Waals surface area contributed by atoms with Gasteiger partial charge in [0.2, 0.25) is 0 Å². The molecule has 27 heavy (non-hydrogen) atoms. The number of hydrogen-bond donors (Lipinski definition) is 2. The molecule has 0 aliphatic heterocycles. The Morgan fingerprint density at radius 3 is 2.78 bits per heavy atom. The zero-order valence-electron chi connectivity index (χ0n) is 16.2. The highest BCUT2D eigenvalue weighted by Crippen LogP contribution is 2.17. The van der Waals surface area contributed by atoms with Crippen molar-refractivity contribution in [3.8, 4) is 5.75 Å². The van der Waals surface area contributed by atoms with Crippen molar-refractivity contribution in [3.63, 3.8) is 0 Å². The van der Waals surface area contributed by atoms with Gasteiger partial charge in [0.15, 0.2) is 5.96 Å². The Labute approximate surface area is 161 Å². The first-order valence-electron chi connectivity index (χ1n) is 9.41. The lowest BCUT2D eigenvalue weighted by Gasteiger charge is -2.13. The van der Waals surface area contributed by atoms with Gasteiger partial charge in [0, 0.05) is 51.5 Å². The Bertz CT molecular complexity index is 660. The van der Waals surface area contributed by atoms with Crippen LogP contribution in [0.1, 0.15) is 26.2 Å². The summed E-state index contributed by atoms with van der Waals surface area (Å²) in [5.74, 6) is 1.61. The van der Waals surface area contributed by atoms with E-state index in [0.29, 0.717) is 13.2 Å². The fraction of sp³-hybridized carbons (Fsp3) is 0.526. The Balaban J connectivity index is 1.79. The Hall–Kier alpha value is -2.61. The summed E-state index contributed by atoms with van der Waals surface area (Å²) < 4.78 is 12.8. The van der Waals surface area contributed by atoms with E-state index in [0.717, 1.165) is 56.3 Å². The highest BCUT2D eigenvalue weighted by atomic mass is 16.5. The average Bonchev–Trinajstić information content (AvgIpc) is 3.19. The second-order valence-corrected chi connectivity index (χ2v) is 6.02. The predicted molar refractivity (Wildman–Crippen MR) is 107 cm³/mol. The molecule has 8 nitrogen and oxygen atoms in total. The summed E-state index contributed by atoms with van der Waals surface area (Å²) in [5, 5.41) is 14.2. The van der Waals surface area contributed by atoms with Crippen LogP contribution < -0.4 is 15.4 Å². The largest absolute Gasteiger partial charge is 0.493 e. The maximum Gasteiger partial charge on any atom is 0.195 e. The number of guanidine groups is 1. The van der Waals surface area contributed by atoms with E-state index < -0.39 is 0 Å². The van der Waals surface area contributed by atoms with Crippen molar-refractivity contribution in [3.05, 3.63) is 36.9 Å². The normalized spacial score (nSPS) is 11.4. The van der Waals surface area contributed by atoms with E-state index in [1.807, 2.05) is 28.8 Å². The van der Waals surface area contributed by atoms with E-state index in [1.165, 1.54) is 0 Å². The molecule has 0 radical (unpaired) electrons. The van der Waals surface area contributed by atoms with Gasteiger partial charge in [0.1, 0.15) is 18.4 Å². The minimum Gasteiger partial charge on any atom is -0.493 e. The van der Waals surface area contributed by atoms with Crippen molar-refractivity contribution >= 4 is 11.6 Å². The fourth-order valence-electron chi connectivity index (χ4n) is 2.44. The lowest BCUT2D eigenvalue weighted by molar-refractivity contribution is 0.172. The molecule has 2 N–H and O–H groups in total. The number of aryl methyl sites for hydroxylation is 1. The molecular formula is C19H30N6O2. The molecule has 0 atom stereocenters. The molecule has 0 bridgehead atoms. The summed E-state index contributed by atoms with van der Waals surface area (Å²) in [6.45, 7) is 5.86. The molecule has 0 aliphatic rings. The first-order valence-corrected chi connectivity index (χ1v) is 9.41. The second kappa shape index (κ2) is 12.7. The summed E-state index contributed by atoms with van der Waals surface area (Å²) in [5.41, 5.74) is 0.948. The third-order valence-corrected chi connectivity index (χ3v) is 3.76. The zero-order chi connectivity index (χ0) is 19.2. The van der Waals surface area contributed by atoms with Crippen molar-refractivity contribution in [2.45, 2.75) is 32.7 Å². The molecular weight excluding hydrogens is 344 g/mol. The van der Waals surface area contributed by atoms with Gasteiger partial charge >= 0.3 is 0 Å². The molecule has 1 aromatic carbocycles. The second-order valence-electron chi connectivity index (χ2n) is 6.02. The van der Waals surface area contributed by atoms with Gasteiger partial charge in [-0.1, -0.05) is 6.07 Å². The van der Waals surface area contributed by atoms with Crippen LogP contribution in [0.2, 0.25) is 0 Å². The number of benzene rings is 1. The number of hydrogen-bond acceptors (Lipinski definition) is 5. The van der Waals surface area contributed by atoms with Crippen LogP contribution in [0.3, 0.4) is 0 Å². The molecule has 2 rings (SSSR count). The monoisotopic (exact) mass is 374 g/mol. The third-order valence-electron chi connectivity index (χ3n) is 3.76. The topological polar surface area (TPSA) is 85.6 Å². The number of unbranched alkanes of at least 4 members (excludes halogenated alkanes) is 1. The van der Waals surface area contributed by atoms with E-state index in [2.05, 4.69) is 32.7 Å². The van der Waals surface area contributed by atoms with Crippen LogP contribution in [0.15, 0.2) is 41.9 Å². The van der Waals surface area contributed by atoms with Gasteiger partial charge in [-0.2, -0.15) is 0 Å². The van der Waals surface area contributed by atoms with Crippen LogP contribution in [0, 0.1) is 0 Å². The predicted octanol–water partition coefficient (Wildman–Crippen LogP) is 2.55. The maximum atomic E-state index is 5.75. The number of ether oxygens (including phenoxy) is 2. The molecule has 0 amide bonds. The van der Waals surface area contributed by atoms with E-state index in [4.69, 9.17) is 9.47 Å². The third kappa shape index (κ3) is 8.54. The van der Waals surface area contributed by atoms with Gasteiger partial charge in [-0.25, -0.2) is 0 Å². The van der Waals surface area contributed by atoms with Crippen molar-refractivity contribution in [1.82, 2.24) is 20.1 Å². The molecule has 2 aromatic rings. The highest BCUT2D eigenvalue weighted by molar-refractivity contribution is 5.93. The number of aromatic nitrogens is 3. The number of aliphatic imine (C=N–C) groups is 1. The van der Waals surface area contributed by atoms with Gasteiger partial charge in [-0.05, 0) is 31.9 Å². The van der Waals surface area contributed by atoms with Crippen LogP contribution in [0.5, 0.6) is 5.75 Å². The van der Waals surface area contributed by atoms with E-state index >= 15 is 0 Å². The zero-order valence-corrected chi connectivity index (χ0v) is 16.2. The summed E-state index contributed by atoms with van der Waals surface area (Å²) in [6.07, 6.45) is 6.37. The first kappa shape index (κ1) is 20.7. The lowest BCUT2D eigenvalue weighted by atomic mass is 10.3. The molecule has 0 spiro atoms. The Morgan fingerprint density at radius 1 is 1.15 bits per heavy atom. The highest BCUT2D eigenvalue weighted by Gasteiger charge is 2.01. The molecule has 1 heterocycles. The lowest BCUT2D eigenvalue weighted by Crippen LogP contribution is -2.30. The van der Waals surface area contributed by atoms with Crippen molar-refractivity contribution in [1.29, 1.82) is 0 Å². The molecule has 0 saturated carbocycles. The van der Waals surface area contributed by atoms with Crippen LogP contribution >= 0.6 is 0 Å². The SMILES string of the molecule is CCNC(=NCCCCn1cnnc1)Nc1cccc(OCCCOC)c1. The average molecular weight is 374 g/mol. The quantitative estimate of drug-likeness (QED) is 0.337. The van der Waals surface area contributed by atoms with Crippen LogP contribution in [0.4, 0.5) is 5.69 Å². The maximum absolute atomic E-state index is 5.75. The van der Waals surface area contributed by atoms with E-state index in [1.54, 1.807) is 19.8 Å². The smallest absolute Gasteiger partial charge is 0.195 e. The molecule has 0 fully saturated rings. The Morgan fingerprint density at radius 2 is 2.00 bits per heavy atom. The van der Waals surface area contributed by atoms with Gasteiger partial charge in [-0.3, -0.25) is 4.99 Å². The van der Waals surface area contributed by atoms with Crippen molar-refractivity contribution < 1.29 is 9.47 Å². The fourth-order valence-corrected chi connectivity index (χ4v) is 2.44. The first-order chi connectivity index (χ1) is 13.3. The number of nitrogens with zero attached hydrogens (tertiary/aromatic N) is 4. The van der Waals surface area contributed by atoms with Crippen molar-refractivity contribution in [2.75, 3.05) is 38.7 Å². The summed E-state index contributed by atoms with van der Waals surface area (Å²) in [6, 6.07) is 7.90. The molecule has 1 aromatic heterocycles. The minimum absolute atomic E-state index is 0.637. The molecule has 148 valence electrons. The van der Waals surface area contributed by atoms with Gasteiger partial charge in [0.25, 0.3) is 0 Å². The van der Waals surface area contributed by atoms with Crippen LogP contribution in [-0.4, -0.2) is 54.1 Å². The molecule has 0 saturated heterocycles. The number of nitrogens with one attached hydrogen (secondary N) is 2. The van der Waals surface area contributed by atoms with Crippen molar-refractivity contribution in [2.24, 2.45) is 4.99 Å². The summed E-state index contributed by atoms with van der Waals surface area (Å²) in [7, 11) is 1.70. The van der Waals surface area contributed by atoms with Gasteiger partial charge in [0.05, 0.1) is 6.61 Å². The molecule has 8 heteroatoms. The number of methoxy groups -OCH3 is 1. The van der Waals surface area contributed by atoms with Crippen LogP contribution in [0.25, 0.3) is 0 Å². The van der Waals surface area contributed by atoms with Gasteiger partial charge in [-0.15, -0.1) is 10.2 Å². The number of rotatable bonds is 12. The van der Waals surface area contributed by atoms with E-state index in [-0.39, 0.29) is 0 Å². The van der Waals surface area contributed by atoms with Gasteiger partial charge < -0.3 is 24.7 Å². The minimum atomic E-state index is 0.637. The van der Waals surface area contributed by atoms with E-state index in [9.17, 15) is 0 Å². The number of anilines is 1. The molecule has 0 unspecified atom stereocenters.